The summed E-state index contributed by atoms with van der Waals surface area (Å²) in [5.41, 5.74) is 5.47. The van der Waals surface area contributed by atoms with Crippen molar-refractivity contribution in [3.8, 4) is 0 Å². The van der Waals surface area contributed by atoms with Crippen LogP contribution in [0.2, 0.25) is 0 Å². The molecule has 0 aliphatic carbocycles. The van der Waals surface area contributed by atoms with Gasteiger partial charge >= 0.3 is 10.2 Å². The zero-order valence-corrected chi connectivity index (χ0v) is 13.3. The highest BCUT2D eigenvalue weighted by atomic mass is 32.2. The topological polar surface area (TPSA) is 75.4 Å². The molecule has 116 valence electrons. The van der Waals surface area contributed by atoms with E-state index in [1.54, 1.807) is 0 Å². The first kappa shape index (κ1) is 16.1. The Morgan fingerprint density at radius 3 is 2.86 bits per heavy atom. The maximum absolute atomic E-state index is 13.8. The number of rotatable bonds is 4. The number of nitrogens with zero attached hydrogens (tertiary/aromatic N) is 1. The van der Waals surface area contributed by atoms with Gasteiger partial charge in [0.1, 0.15) is 10.8 Å². The molecule has 21 heavy (non-hydrogen) atoms. The van der Waals surface area contributed by atoms with Crippen molar-refractivity contribution in [2.75, 3.05) is 17.8 Å². The second kappa shape index (κ2) is 6.25. The lowest BCUT2D eigenvalue weighted by molar-refractivity contribution is 0.282. The van der Waals surface area contributed by atoms with E-state index in [2.05, 4.69) is 4.72 Å². The quantitative estimate of drug-likeness (QED) is 0.826. The molecule has 1 unspecified atom stereocenters. The first-order valence-corrected chi connectivity index (χ1v) is 8.52. The van der Waals surface area contributed by atoms with E-state index in [-0.39, 0.29) is 16.2 Å². The van der Waals surface area contributed by atoms with Gasteiger partial charge in [-0.2, -0.15) is 12.7 Å². The summed E-state index contributed by atoms with van der Waals surface area (Å²) in [6.45, 7) is 2.91. The Hall–Kier alpha value is -1.25. The van der Waals surface area contributed by atoms with E-state index in [9.17, 15) is 12.8 Å². The molecule has 1 aliphatic rings. The number of hydrogen-bond donors (Lipinski definition) is 2. The van der Waals surface area contributed by atoms with Gasteiger partial charge in [0.25, 0.3) is 0 Å². The standard InChI is InChI=1S/C13H18FN3O2S2/c1-9-4-3-7-17(8-9)21(18,19)16-11-6-2-5-10(14)12(11)13(15)20/h2,5-6,9,16H,3-4,7-8H2,1H3,(H2,15,20). The van der Waals surface area contributed by atoms with Crippen molar-refractivity contribution in [2.24, 2.45) is 11.7 Å². The first-order valence-electron chi connectivity index (χ1n) is 6.67. The Labute approximate surface area is 129 Å². The molecule has 1 heterocycles. The molecule has 0 amide bonds. The Balaban J connectivity index is 2.29. The molecule has 1 aliphatic heterocycles. The van der Waals surface area contributed by atoms with Gasteiger partial charge in [-0.25, -0.2) is 4.39 Å². The molecule has 1 atom stereocenters. The van der Waals surface area contributed by atoms with Crippen LogP contribution >= 0.6 is 12.2 Å². The van der Waals surface area contributed by atoms with E-state index in [0.717, 1.165) is 12.8 Å². The van der Waals surface area contributed by atoms with E-state index in [0.29, 0.717) is 19.0 Å². The molecule has 0 bridgehead atoms. The summed E-state index contributed by atoms with van der Waals surface area (Å²) in [5, 5.41) is 0. The minimum atomic E-state index is -3.74. The number of nitrogens with one attached hydrogen (secondary N) is 1. The summed E-state index contributed by atoms with van der Waals surface area (Å²) in [4.78, 5) is -0.183. The normalized spacial score (nSPS) is 20.2. The van der Waals surface area contributed by atoms with Crippen molar-refractivity contribution in [2.45, 2.75) is 19.8 Å². The third-order valence-corrected chi connectivity index (χ3v) is 5.15. The average Bonchev–Trinajstić information content (AvgIpc) is 2.37. The zero-order valence-electron chi connectivity index (χ0n) is 11.7. The van der Waals surface area contributed by atoms with Gasteiger partial charge in [-0.1, -0.05) is 25.2 Å². The lowest BCUT2D eigenvalue weighted by Gasteiger charge is -2.30. The van der Waals surface area contributed by atoms with E-state index < -0.39 is 16.0 Å². The van der Waals surface area contributed by atoms with Crippen molar-refractivity contribution in [3.05, 3.63) is 29.6 Å². The van der Waals surface area contributed by atoms with Crippen LogP contribution < -0.4 is 10.5 Å². The van der Waals surface area contributed by atoms with Crippen LogP contribution in [0.3, 0.4) is 0 Å². The predicted octanol–water partition coefficient (Wildman–Crippen LogP) is 1.85. The Bertz CT molecular complexity index is 649. The Kier molecular flexibility index (Phi) is 4.80. The Morgan fingerprint density at radius 1 is 1.52 bits per heavy atom. The molecule has 0 aromatic heterocycles. The summed E-state index contributed by atoms with van der Waals surface area (Å²) in [7, 11) is -3.74. The fourth-order valence-corrected chi connectivity index (χ4v) is 4.03. The van der Waals surface area contributed by atoms with Crippen LogP contribution in [-0.4, -0.2) is 30.8 Å². The SMILES string of the molecule is CC1CCCN(S(=O)(=O)Nc2cccc(F)c2C(N)=S)C1. The highest BCUT2D eigenvalue weighted by Gasteiger charge is 2.28. The van der Waals surface area contributed by atoms with Gasteiger partial charge in [0.15, 0.2) is 0 Å². The number of thiocarbonyl (C=S) groups is 1. The van der Waals surface area contributed by atoms with Crippen LogP contribution in [0.25, 0.3) is 0 Å². The lowest BCUT2D eigenvalue weighted by Crippen LogP contribution is -2.42. The van der Waals surface area contributed by atoms with Crippen molar-refractivity contribution in [3.63, 3.8) is 0 Å². The molecule has 8 heteroatoms. The number of halogens is 1. The molecule has 0 radical (unpaired) electrons. The summed E-state index contributed by atoms with van der Waals surface area (Å²) in [6, 6.07) is 4.05. The van der Waals surface area contributed by atoms with Crippen LogP contribution in [0.4, 0.5) is 10.1 Å². The molecule has 5 nitrogen and oxygen atoms in total. The van der Waals surface area contributed by atoms with Crippen LogP contribution in [0.1, 0.15) is 25.3 Å². The number of piperidine rings is 1. The summed E-state index contributed by atoms with van der Waals surface area (Å²) in [5.74, 6) is -0.340. The van der Waals surface area contributed by atoms with Crippen LogP contribution in [0, 0.1) is 11.7 Å². The van der Waals surface area contributed by atoms with Gasteiger partial charge in [-0.05, 0) is 30.9 Å². The molecule has 0 saturated carbocycles. The molecule has 1 saturated heterocycles. The molecule has 1 aromatic rings. The first-order chi connectivity index (χ1) is 9.81. The van der Waals surface area contributed by atoms with Gasteiger partial charge in [0, 0.05) is 13.1 Å². The van der Waals surface area contributed by atoms with Crippen LogP contribution in [-0.2, 0) is 10.2 Å². The maximum Gasteiger partial charge on any atom is 0.301 e. The highest BCUT2D eigenvalue weighted by molar-refractivity contribution is 7.90. The van der Waals surface area contributed by atoms with Gasteiger partial charge in [-0.15, -0.1) is 0 Å². The number of benzene rings is 1. The van der Waals surface area contributed by atoms with Crippen LogP contribution in [0.5, 0.6) is 0 Å². The van der Waals surface area contributed by atoms with E-state index in [4.69, 9.17) is 18.0 Å². The maximum atomic E-state index is 13.8. The number of hydrogen-bond acceptors (Lipinski definition) is 3. The highest BCUT2D eigenvalue weighted by Crippen LogP contribution is 2.23. The second-order valence-corrected chi connectivity index (χ2v) is 7.35. The largest absolute Gasteiger partial charge is 0.389 e. The fraction of sp³-hybridized carbons (Fsp3) is 0.462. The summed E-state index contributed by atoms with van der Waals surface area (Å²) in [6.07, 6.45) is 1.82. The summed E-state index contributed by atoms with van der Waals surface area (Å²) >= 11 is 4.79. The van der Waals surface area contributed by atoms with E-state index in [1.807, 2.05) is 6.92 Å². The molecule has 3 N–H and O–H groups in total. The zero-order chi connectivity index (χ0) is 15.6. The van der Waals surface area contributed by atoms with Gasteiger partial charge in [0.05, 0.1) is 11.3 Å². The molecule has 0 spiro atoms. The minimum absolute atomic E-state index is 0.0701. The predicted molar refractivity (Wildman–Crippen MR) is 84.8 cm³/mol. The van der Waals surface area contributed by atoms with Gasteiger partial charge in [0.2, 0.25) is 0 Å². The molecule has 1 fully saturated rings. The third kappa shape index (κ3) is 3.69. The van der Waals surface area contributed by atoms with Crippen molar-refractivity contribution in [1.82, 2.24) is 4.31 Å². The van der Waals surface area contributed by atoms with Crippen molar-refractivity contribution in [1.29, 1.82) is 0 Å². The van der Waals surface area contributed by atoms with E-state index in [1.165, 1.54) is 22.5 Å². The summed E-state index contributed by atoms with van der Waals surface area (Å²) < 4.78 is 42.3. The van der Waals surface area contributed by atoms with Gasteiger partial charge < -0.3 is 5.73 Å². The lowest BCUT2D eigenvalue weighted by atomic mass is 10.0. The second-order valence-electron chi connectivity index (χ2n) is 5.24. The molecular formula is C13H18FN3O2S2. The van der Waals surface area contributed by atoms with Crippen LogP contribution in [0.15, 0.2) is 18.2 Å². The number of anilines is 1. The number of nitrogens with two attached hydrogens (primary N) is 1. The third-order valence-electron chi connectivity index (χ3n) is 3.46. The molecule has 1 aromatic carbocycles. The monoisotopic (exact) mass is 331 g/mol. The average molecular weight is 331 g/mol. The Morgan fingerprint density at radius 2 is 2.24 bits per heavy atom. The van der Waals surface area contributed by atoms with E-state index >= 15 is 0 Å². The van der Waals surface area contributed by atoms with Crippen molar-refractivity contribution < 1.29 is 12.8 Å². The smallest absolute Gasteiger partial charge is 0.301 e. The fourth-order valence-electron chi connectivity index (χ4n) is 2.43. The van der Waals surface area contributed by atoms with Crippen molar-refractivity contribution >= 4 is 33.1 Å². The molecular weight excluding hydrogens is 313 g/mol. The minimum Gasteiger partial charge on any atom is -0.389 e. The van der Waals surface area contributed by atoms with Gasteiger partial charge in [-0.3, -0.25) is 4.72 Å². The molecule has 2 rings (SSSR count).